The van der Waals surface area contributed by atoms with Crippen LogP contribution in [-0.2, 0) is 9.59 Å². The third-order valence-electron chi connectivity index (χ3n) is 3.71. The van der Waals surface area contributed by atoms with Gasteiger partial charge in [-0.1, -0.05) is 0 Å². The van der Waals surface area contributed by atoms with Gasteiger partial charge in [0.2, 0.25) is 5.91 Å². The minimum Gasteiger partial charge on any atom is -0.481 e. The van der Waals surface area contributed by atoms with Gasteiger partial charge in [-0.3, -0.25) is 9.59 Å². The number of carboxylic acids is 1. The summed E-state index contributed by atoms with van der Waals surface area (Å²) in [6.45, 7) is 2.76. The van der Waals surface area contributed by atoms with Crippen molar-refractivity contribution < 1.29 is 19.5 Å². The van der Waals surface area contributed by atoms with Crippen LogP contribution in [0.3, 0.4) is 0 Å². The summed E-state index contributed by atoms with van der Waals surface area (Å²) in [6, 6.07) is -0.798. The van der Waals surface area contributed by atoms with Crippen LogP contribution < -0.4 is 10.6 Å². The highest BCUT2D eigenvalue weighted by molar-refractivity contribution is 5.84. The number of aliphatic carboxylic acids is 1. The molecule has 3 unspecified atom stereocenters. The average Bonchev–Trinajstić information content (AvgIpc) is 2.70. The summed E-state index contributed by atoms with van der Waals surface area (Å²) in [4.78, 5) is 35.9. The third-order valence-corrected chi connectivity index (χ3v) is 3.71. The molecule has 106 valence electrons. The molecule has 2 fully saturated rings. The molecule has 0 aliphatic carbocycles. The average molecular weight is 269 g/mol. The maximum Gasteiger partial charge on any atom is 0.317 e. The molecule has 0 aromatic rings. The zero-order chi connectivity index (χ0) is 14.0. The second-order valence-corrected chi connectivity index (χ2v) is 5.20. The van der Waals surface area contributed by atoms with E-state index in [0.717, 1.165) is 12.8 Å². The molecule has 0 aromatic carbocycles. The minimum absolute atomic E-state index is 0.0149. The van der Waals surface area contributed by atoms with Crippen molar-refractivity contribution in [3.05, 3.63) is 0 Å². The number of carbonyl (C=O) groups excluding carboxylic acids is 2. The largest absolute Gasteiger partial charge is 0.481 e. The van der Waals surface area contributed by atoms with E-state index in [1.807, 2.05) is 0 Å². The van der Waals surface area contributed by atoms with Gasteiger partial charge in [-0.25, -0.2) is 4.79 Å². The fourth-order valence-corrected chi connectivity index (χ4v) is 2.81. The number of rotatable bonds is 3. The molecule has 0 aromatic heterocycles. The summed E-state index contributed by atoms with van der Waals surface area (Å²) < 4.78 is 0. The Bertz CT molecular complexity index is 398. The molecule has 0 radical (unpaired) electrons. The number of fused-ring (bicyclic) bond motifs is 1. The number of nitrogens with one attached hydrogen (secondary N) is 2. The van der Waals surface area contributed by atoms with Crippen molar-refractivity contribution in [2.75, 3.05) is 13.1 Å². The van der Waals surface area contributed by atoms with Gasteiger partial charge in [0.25, 0.3) is 0 Å². The maximum atomic E-state index is 12.1. The number of hydrogen-bond donors (Lipinski definition) is 3. The van der Waals surface area contributed by atoms with Crippen LogP contribution in [0, 0.1) is 5.92 Å². The van der Waals surface area contributed by atoms with Crippen molar-refractivity contribution in [2.24, 2.45) is 5.92 Å². The number of hydrogen-bond acceptors (Lipinski definition) is 3. The number of amides is 3. The Morgan fingerprint density at radius 2 is 2.32 bits per heavy atom. The minimum atomic E-state index is -0.943. The van der Waals surface area contributed by atoms with Crippen molar-refractivity contribution >= 4 is 17.9 Å². The Morgan fingerprint density at radius 1 is 1.58 bits per heavy atom. The summed E-state index contributed by atoms with van der Waals surface area (Å²) in [7, 11) is 0. The van der Waals surface area contributed by atoms with Gasteiger partial charge in [-0.2, -0.15) is 0 Å². The summed E-state index contributed by atoms with van der Waals surface area (Å²) in [5, 5.41) is 14.1. The van der Waals surface area contributed by atoms with Gasteiger partial charge >= 0.3 is 12.0 Å². The van der Waals surface area contributed by atoms with Gasteiger partial charge in [0.1, 0.15) is 0 Å². The number of carboxylic acid groups (broad SMARTS) is 1. The lowest BCUT2D eigenvalue weighted by atomic mass is 9.92. The molecule has 0 bridgehead atoms. The molecule has 3 amide bonds. The summed E-state index contributed by atoms with van der Waals surface area (Å²) in [5.41, 5.74) is 0. The standard InChI is InChI=1S/C12H19N3O4/c1-7(5-10(16)17)14-12(19)15-4-2-3-8-9(15)6-13-11(8)18/h7-9H,2-6H2,1H3,(H,13,18)(H,14,19)(H,16,17). The molecule has 3 atom stereocenters. The van der Waals surface area contributed by atoms with Crippen LogP contribution in [-0.4, -0.2) is 53.1 Å². The van der Waals surface area contributed by atoms with Gasteiger partial charge in [0, 0.05) is 19.1 Å². The first-order valence-electron chi connectivity index (χ1n) is 6.55. The predicted octanol–water partition coefficient (Wildman–Crippen LogP) is -0.230. The first-order chi connectivity index (χ1) is 8.99. The van der Waals surface area contributed by atoms with E-state index < -0.39 is 12.0 Å². The van der Waals surface area contributed by atoms with Crippen molar-refractivity contribution in [1.29, 1.82) is 0 Å². The van der Waals surface area contributed by atoms with E-state index in [-0.39, 0.29) is 30.3 Å². The molecular weight excluding hydrogens is 250 g/mol. The number of likely N-dealkylation sites (tertiary alicyclic amines) is 1. The molecule has 7 nitrogen and oxygen atoms in total. The zero-order valence-electron chi connectivity index (χ0n) is 10.9. The molecular formula is C12H19N3O4. The van der Waals surface area contributed by atoms with Gasteiger partial charge < -0.3 is 20.6 Å². The van der Waals surface area contributed by atoms with E-state index in [9.17, 15) is 14.4 Å². The molecule has 2 saturated heterocycles. The molecule has 7 heteroatoms. The lowest BCUT2D eigenvalue weighted by Crippen LogP contribution is -2.54. The fraction of sp³-hybridized carbons (Fsp3) is 0.750. The molecule has 2 heterocycles. The molecule has 0 spiro atoms. The number of piperidine rings is 1. The second-order valence-electron chi connectivity index (χ2n) is 5.20. The normalized spacial score (nSPS) is 27.4. The van der Waals surface area contributed by atoms with Gasteiger partial charge in [-0.05, 0) is 19.8 Å². The second kappa shape index (κ2) is 5.46. The first-order valence-corrected chi connectivity index (χ1v) is 6.55. The van der Waals surface area contributed by atoms with Gasteiger partial charge in [0.15, 0.2) is 0 Å². The van der Waals surface area contributed by atoms with Crippen LogP contribution >= 0.6 is 0 Å². The van der Waals surface area contributed by atoms with Crippen LogP contribution in [0.25, 0.3) is 0 Å². The van der Waals surface area contributed by atoms with Crippen LogP contribution in [0.5, 0.6) is 0 Å². The Balaban J connectivity index is 1.95. The smallest absolute Gasteiger partial charge is 0.317 e. The summed E-state index contributed by atoms with van der Waals surface area (Å²) in [6.07, 6.45) is 1.51. The van der Waals surface area contributed by atoms with E-state index in [0.29, 0.717) is 13.1 Å². The highest BCUT2D eigenvalue weighted by Gasteiger charge is 2.42. The molecule has 0 saturated carbocycles. The molecule has 2 aliphatic rings. The maximum absolute atomic E-state index is 12.1. The summed E-state index contributed by atoms with van der Waals surface area (Å²) >= 11 is 0. The Labute approximate surface area is 111 Å². The first kappa shape index (κ1) is 13.6. The van der Waals surface area contributed by atoms with E-state index >= 15 is 0 Å². The van der Waals surface area contributed by atoms with E-state index in [4.69, 9.17) is 5.11 Å². The highest BCUT2D eigenvalue weighted by atomic mass is 16.4. The molecule has 2 rings (SSSR count). The molecule has 3 N–H and O–H groups in total. The number of nitrogens with zero attached hydrogens (tertiary/aromatic N) is 1. The Kier molecular flexibility index (Phi) is 3.92. The summed E-state index contributed by atoms with van der Waals surface area (Å²) in [5.74, 6) is -1.04. The van der Waals surface area contributed by atoms with Crippen LogP contribution in [0.2, 0.25) is 0 Å². The molecule has 19 heavy (non-hydrogen) atoms. The van der Waals surface area contributed by atoms with E-state index in [1.165, 1.54) is 0 Å². The lowest BCUT2D eigenvalue weighted by Gasteiger charge is -2.36. The van der Waals surface area contributed by atoms with Crippen LogP contribution in [0.1, 0.15) is 26.2 Å². The third kappa shape index (κ3) is 2.97. The van der Waals surface area contributed by atoms with Crippen molar-refractivity contribution in [2.45, 2.75) is 38.3 Å². The predicted molar refractivity (Wildman–Crippen MR) is 66.5 cm³/mol. The highest BCUT2D eigenvalue weighted by Crippen LogP contribution is 2.27. The van der Waals surface area contributed by atoms with E-state index in [2.05, 4.69) is 10.6 Å². The van der Waals surface area contributed by atoms with E-state index in [1.54, 1.807) is 11.8 Å². The number of carbonyl (C=O) groups is 3. The number of urea groups is 1. The molecule has 2 aliphatic heterocycles. The van der Waals surface area contributed by atoms with Crippen molar-refractivity contribution in [1.82, 2.24) is 15.5 Å². The van der Waals surface area contributed by atoms with Crippen LogP contribution in [0.4, 0.5) is 4.79 Å². The van der Waals surface area contributed by atoms with Crippen molar-refractivity contribution in [3.63, 3.8) is 0 Å². The SMILES string of the molecule is CC(CC(=O)O)NC(=O)N1CCCC2C(=O)NCC21. The fourth-order valence-electron chi connectivity index (χ4n) is 2.81. The van der Waals surface area contributed by atoms with Gasteiger partial charge in [0.05, 0.1) is 18.4 Å². The van der Waals surface area contributed by atoms with Crippen molar-refractivity contribution in [3.8, 4) is 0 Å². The monoisotopic (exact) mass is 269 g/mol. The lowest BCUT2D eigenvalue weighted by molar-refractivity contribution is -0.137. The Morgan fingerprint density at radius 3 is 3.00 bits per heavy atom. The Hall–Kier alpha value is -1.79. The topological polar surface area (TPSA) is 98.7 Å². The van der Waals surface area contributed by atoms with Gasteiger partial charge in [-0.15, -0.1) is 0 Å². The van der Waals surface area contributed by atoms with Crippen LogP contribution in [0.15, 0.2) is 0 Å². The zero-order valence-corrected chi connectivity index (χ0v) is 10.9. The quantitative estimate of drug-likeness (QED) is 0.659.